The first kappa shape index (κ1) is 12.5. The van der Waals surface area contributed by atoms with Crippen molar-refractivity contribution in [3.8, 4) is 0 Å². The van der Waals surface area contributed by atoms with Gasteiger partial charge < -0.3 is 16.0 Å². The zero-order chi connectivity index (χ0) is 12.0. The molecule has 0 heterocycles. The Morgan fingerprint density at radius 1 is 1.62 bits per heavy atom. The minimum absolute atomic E-state index is 0.116. The molecule has 0 aromatic rings. The predicted molar refractivity (Wildman–Crippen MR) is 65.4 cm³/mol. The lowest BCUT2D eigenvalue weighted by Crippen LogP contribution is -2.24. The molecule has 0 saturated heterocycles. The smallest absolute Gasteiger partial charge is 0.247 e. The van der Waals surface area contributed by atoms with Crippen molar-refractivity contribution in [1.82, 2.24) is 10.2 Å². The Balaban J connectivity index is 2.45. The summed E-state index contributed by atoms with van der Waals surface area (Å²) in [4.78, 5) is 13.5. The summed E-state index contributed by atoms with van der Waals surface area (Å²) in [5.41, 5.74) is 7.22. The van der Waals surface area contributed by atoms with Gasteiger partial charge in [-0.05, 0) is 33.0 Å². The standard InChI is InChI=1S/C12H19N3O/c1-15(2)9-5-8-12(16)14-11-7-4-3-6-10(11)13/h3,5-6,8H,4,7,9,13H2,1-2H3,(H,14,16)/b8-5+. The van der Waals surface area contributed by atoms with Gasteiger partial charge in [-0.1, -0.05) is 12.2 Å². The van der Waals surface area contributed by atoms with Crippen molar-refractivity contribution in [3.05, 3.63) is 35.7 Å². The first-order valence-corrected chi connectivity index (χ1v) is 5.37. The molecule has 3 N–H and O–H groups in total. The summed E-state index contributed by atoms with van der Waals surface area (Å²) in [5, 5.41) is 2.80. The molecule has 1 amide bonds. The van der Waals surface area contributed by atoms with Crippen LogP contribution >= 0.6 is 0 Å². The summed E-state index contributed by atoms with van der Waals surface area (Å²) >= 11 is 0. The first-order chi connectivity index (χ1) is 7.59. The van der Waals surface area contributed by atoms with Crippen LogP contribution in [-0.4, -0.2) is 31.4 Å². The predicted octanol–water partition coefficient (Wildman–Crippen LogP) is 0.741. The lowest BCUT2D eigenvalue weighted by atomic mass is 10.1. The lowest BCUT2D eigenvalue weighted by molar-refractivity contribution is -0.115. The monoisotopic (exact) mass is 221 g/mol. The van der Waals surface area contributed by atoms with E-state index in [4.69, 9.17) is 5.73 Å². The number of hydrogen-bond acceptors (Lipinski definition) is 3. The van der Waals surface area contributed by atoms with E-state index in [2.05, 4.69) is 5.32 Å². The number of likely N-dealkylation sites (N-methyl/N-ethyl adjacent to an activating group) is 1. The second kappa shape index (κ2) is 6.12. The maximum atomic E-state index is 11.5. The molecule has 0 radical (unpaired) electrons. The number of nitrogens with zero attached hydrogens (tertiary/aromatic N) is 1. The van der Waals surface area contributed by atoms with E-state index in [0.29, 0.717) is 5.70 Å². The van der Waals surface area contributed by atoms with Crippen LogP contribution in [0.2, 0.25) is 0 Å². The van der Waals surface area contributed by atoms with Crippen molar-refractivity contribution in [2.45, 2.75) is 12.8 Å². The molecule has 0 unspecified atom stereocenters. The van der Waals surface area contributed by atoms with Gasteiger partial charge in [-0.15, -0.1) is 0 Å². The van der Waals surface area contributed by atoms with E-state index in [9.17, 15) is 4.79 Å². The summed E-state index contributed by atoms with van der Waals surface area (Å²) < 4.78 is 0. The fourth-order valence-corrected chi connectivity index (χ4v) is 1.38. The van der Waals surface area contributed by atoms with Crippen molar-refractivity contribution in [2.24, 2.45) is 5.73 Å². The maximum absolute atomic E-state index is 11.5. The average molecular weight is 221 g/mol. The Labute approximate surface area is 96.5 Å². The SMILES string of the molecule is CN(C)C/C=C/C(=O)NC1=C(N)C=CCC1. The molecular formula is C12H19N3O. The Kier molecular flexibility index (Phi) is 4.79. The van der Waals surface area contributed by atoms with Crippen molar-refractivity contribution >= 4 is 5.91 Å². The second-order valence-electron chi connectivity index (χ2n) is 4.03. The molecule has 0 saturated carbocycles. The molecule has 1 aliphatic carbocycles. The molecule has 16 heavy (non-hydrogen) atoms. The van der Waals surface area contributed by atoms with E-state index in [1.165, 1.54) is 0 Å². The van der Waals surface area contributed by atoms with Crippen molar-refractivity contribution in [3.63, 3.8) is 0 Å². The molecule has 0 aromatic heterocycles. The zero-order valence-corrected chi connectivity index (χ0v) is 9.86. The van der Waals surface area contributed by atoms with Crippen LogP contribution in [-0.2, 0) is 4.79 Å². The van der Waals surface area contributed by atoms with E-state index in [1.807, 2.05) is 37.2 Å². The molecule has 1 rings (SSSR count). The summed E-state index contributed by atoms with van der Waals surface area (Å²) in [6.45, 7) is 0.752. The number of hydrogen-bond donors (Lipinski definition) is 2. The van der Waals surface area contributed by atoms with Crippen LogP contribution in [0.5, 0.6) is 0 Å². The molecule has 0 atom stereocenters. The Morgan fingerprint density at radius 2 is 2.38 bits per heavy atom. The van der Waals surface area contributed by atoms with Gasteiger partial charge in [0.1, 0.15) is 0 Å². The molecule has 4 heteroatoms. The maximum Gasteiger partial charge on any atom is 0.247 e. The van der Waals surface area contributed by atoms with Crippen LogP contribution in [0.1, 0.15) is 12.8 Å². The van der Waals surface area contributed by atoms with E-state index in [-0.39, 0.29) is 5.91 Å². The van der Waals surface area contributed by atoms with Crippen LogP contribution in [0.25, 0.3) is 0 Å². The Morgan fingerprint density at radius 3 is 3.00 bits per heavy atom. The van der Waals surface area contributed by atoms with E-state index in [1.54, 1.807) is 6.08 Å². The van der Waals surface area contributed by atoms with Gasteiger partial charge in [0.2, 0.25) is 5.91 Å². The van der Waals surface area contributed by atoms with Crippen LogP contribution in [0.3, 0.4) is 0 Å². The van der Waals surface area contributed by atoms with Gasteiger partial charge >= 0.3 is 0 Å². The number of amides is 1. The Bertz CT molecular complexity index is 340. The average Bonchev–Trinajstić information content (AvgIpc) is 2.21. The Hall–Kier alpha value is -1.55. The molecule has 0 bridgehead atoms. The van der Waals surface area contributed by atoms with Crippen LogP contribution in [0, 0.1) is 0 Å². The highest BCUT2D eigenvalue weighted by Crippen LogP contribution is 2.12. The first-order valence-electron chi connectivity index (χ1n) is 5.37. The minimum Gasteiger partial charge on any atom is -0.397 e. The summed E-state index contributed by atoms with van der Waals surface area (Å²) in [7, 11) is 3.91. The van der Waals surface area contributed by atoms with E-state index in [0.717, 1.165) is 25.1 Å². The molecule has 0 aromatic carbocycles. The van der Waals surface area contributed by atoms with Gasteiger partial charge in [-0.2, -0.15) is 0 Å². The summed E-state index contributed by atoms with van der Waals surface area (Å²) in [5.74, 6) is -0.116. The number of nitrogens with two attached hydrogens (primary N) is 1. The van der Waals surface area contributed by atoms with E-state index < -0.39 is 0 Å². The van der Waals surface area contributed by atoms with Gasteiger partial charge in [0.25, 0.3) is 0 Å². The van der Waals surface area contributed by atoms with Crippen molar-refractivity contribution in [2.75, 3.05) is 20.6 Å². The topological polar surface area (TPSA) is 58.4 Å². The highest BCUT2D eigenvalue weighted by molar-refractivity contribution is 5.89. The normalized spacial score (nSPS) is 16.2. The van der Waals surface area contributed by atoms with Crippen LogP contribution in [0.15, 0.2) is 35.7 Å². The number of carbonyl (C=O) groups excluding carboxylic acids is 1. The quantitative estimate of drug-likeness (QED) is 0.688. The summed E-state index contributed by atoms with van der Waals surface area (Å²) in [6.07, 6.45) is 8.94. The van der Waals surface area contributed by atoms with Gasteiger partial charge in [-0.3, -0.25) is 4.79 Å². The highest BCUT2D eigenvalue weighted by atomic mass is 16.1. The number of allylic oxidation sites excluding steroid dienone is 3. The van der Waals surface area contributed by atoms with Crippen molar-refractivity contribution < 1.29 is 4.79 Å². The third-order valence-corrected chi connectivity index (χ3v) is 2.22. The molecule has 1 aliphatic rings. The summed E-state index contributed by atoms with van der Waals surface area (Å²) in [6, 6.07) is 0. The second-order valence-corrected chi connectivity index (χ2v) is 4.03. The molecule has 4 nitrogen and oxygen atoms in total. The third-order valence-electron chi connectivity index (χ3n) is 2.22. The van der Waals surface area contributed by atoms with Crippen LogP contribution in [0.4, 0.5) is 0 Å². The molecular weight excluding hydrogens is 202 g/mol. The molecule has 88 valence electrons. The zero-order valence-electron chi connectivity index (χ0n) is 9.86. The fourth-order valence-electron chi connectivity index (χ4n) is 1.38. The van der Waals surface area contributed by atoms with Crippen molar-refractivity contribution in [1.29, 1.82) is 0 Å². The van der Waals surface area contributed by atoms with Gasteiger partial charge in [-0.25, -0.2) is 0 Å². The third kappa shape index (κ3) is 4.31. The number of nitrogens with one attached hydrogen (secondary N) is 1. The minimum atomic E-state index is -0.116. The lowest BCUT2D eigenvalue weighted by Gasteiger charge is -2.13. The number of carbonyl (C=O) groups is 1. The molecule has 0 aliphatic heterocycles. The van der Waals surface area contributed by atoms with Gasteiger partial charge in [0.15, 0.2) is 0 Å². The fraction of sp³-hybridized carbons (Fsp3) is 0.417. The van der Waals surface area contributed by atoms with Gasteiger partial charge in [0, 0.05) is 18.3 Å². The van der Waals surface area contributed by atoms with Gasteiger partial charge in [0.05, 0.1) is 5.70 Å². The molecule has 0 fully saturated rings. The van der Waals surface area contributed by atoms with E-state index >= 15 is 0 Å². The highest BCUT2D eigenvalue weighted by Gasteiger charge is 2.07. The largest absolute Gasteiger partial charge is 0.397 e. The van der Waals surface area contributed by atoms with Crippen LogP contribution < -0.4 is 11.1 Å². The number of rotatable bonds is 4. The molecule has 0 spiro atoms.